The Morgan fingerprint density at radius 2 is 1.82 bits per heavy atom. The van der Waals surface area contributed by atoms with Crippen LogP contribution in [0.4, 0.5) is 4.39 Å². The van der Waals surface area contributed by atoms with Crippen molar-refractivity contribution in [3.8, 4) is 5.75 Å². The van der Waals surface area contributed by atoms with E-state index in [1.165, 1.54) is 50.4 Å². The van der Waals surface area contributed by atoms with Crippen LogP contribution in [0.5, 0.6) is 5.75 Å². The number of rotatable bonds is 7. The molecule has 0 unspecified atom stereocenters. The topological polar surface area (TPSA) is 125 Å². The second kappa shape index (κ2) is 8.81. The Bertz CT molecular complexity index is 976. The molecular formula is C18H19FN2O6S. The van der Waals surface area contributed by atoms with Gasteiger partial charge in [-0.05, 0) is 42.8 Å². The first-order chi connectivity index (χ1) is 13.1. The Morgan fingerprint density at radius 1 is 1.18 bits per heavy atom. The van der Waals surface area contributed by atoms with Crippen LogP contribution in [0, 0.1) is 5.82 Å². The van der Waals surface area contributed by atoms with E-state index >= 15 is 0 Å². The van der Waals surface area contributed by atoms with E-state index < -0.39 is 33.8 Å². The second-order valence-corrected chi connectivity index (χ2v) is 7.36. The molecule has 0 aliphatic heterocycles. The molecule has 3 N–H and O–H groups in total. The molecule has 0 spiro atoms. The van der Waals surface area contributed by atoms with Crippen LogP contribution in [0.1, 0.15) is 22.8 Å². The van der Waals surface area contributed by atoms with E-state index in [1.54, 1.807) is 0 Å². The number of hydrogen-bond donors (Lipinski definition) is 2. The zero-order valence-electron chi connectivity index (χ0n) is 15.1. The minimum absolute atomic E-state index is 0.0660. The number of amides is 1. The van der Waals surface area contributed by atoms with Gasteiger partial charge in [0.2, 0.25) is 10.0 Å². The fourth-order valence-electron chi connectivity index (χ4n) is 2.24. The van der Waals surface area contributed by atoms with E-state index in [-0.39, 0.29) is 22.8 Å². The maximum atomic E-state index is 12.9. The fraction of sp³-hybridized carbons (Fsp3) is 0.222. The molecule has 28 heavy (non-hydrogen) atoms. The van der Waals surface area contributed by atoms with Crippen molar-refractivity contribution in [2.75, 3.05) is 7.11 Å². The molecule has 150 valence electrons. The van der Waals surface area contributed by atoms with E-state index in [2.05, 4.69) is 5.32 Å². The number of esters is 1. The number of methoxy groups -OCH3 is 1. The molecule has 0 heterocycles. The maximum Gasteiger partial charge on any atom is 0.342 e. The number of carbonyl (C=O) groups is 2. The van der Waals surface area contributed by atoms with Gasteiger partial charge in [-0.15, -0.1) is 0 Å². The summed E-state index contributed by atoms with van der Waals surface area (Å²) >= 11 is 0. The van der Waals surface area contributed by atoms with Gasteiger partial charge in [-0.3, -0.25) is 4.79 Å². The third-order valence-corrected chi connectivity index (χ3v) is 4.66. The first-order valence-corrected chi connectivity index (χ1v) is 9.60. The summed E-state index contributed by atoms with van der Waals surface area (Å²) in [6.07, 6.45) is -1.17. The summed E-state index contributed by atoms with van der Waals surface area (Å²) in [7, 11) is -2.75. The number of sulfonamides is 1. The Hall–Kier alpha value is -2.98. The van der Waals surface area contributed by atoms with Gasteiger partial charge >= 0.3 is 5.97 Å². The van der Waals surface area contributed by atoms with Gasteiger partial charge in [0, 0.05) is 6.54 Å². The van der Waals surface area contributed by atoms with Crippen LogP contribution < -0.4 is 15.2 Å². The summed E-state index contributed by atoms with van der Waals surface area (Å²) in [5, 5.41) is 7.62. The monoisotopic (exact) mass is 410 g/mol. The number of nitrogens with two attached hydrogens (primary N) is 1. The van der Waals surface area contributed by atoms with Crippen molar-refractivity contribution < 1.29 is 31.9 Å². The number of ether oxygens (including phenoxy) is 2. The van der Waals surface area contributed by atoms with Crippen molar-refractivity contribution in [1.29, 1.82) is 0 Å². The van der Waals surface area contributed by atoms with Crippen molar-refractivity contribution in [3.05, 3.63) is 59.4 Å². The number of halogens is 1. The molecule has 0 saturated carbocycles. The molecule has 0 bridgehead atoms. The van der Waals surface area contributed by atoms with Gasteiger partial charge in [-0.2, -0.15) is 0 Å². The molecule has 2 aromatic carbocycles. The lowest BCUT2D eigenvalue weighted by molar-refractivity contribution is -0.129. The normalized spacial score (nSPS) is 12.1. The van der Waals surface area contributed by atoms with Gasteiger partial charge in [0.05, 0.1) is 12.0 Å². The molecule has 10 heteroatoms. The molecule has 0 fully saturated rings. The van der Waals surface area contributed by atoms with Crippen LogP contribution in [-0.2, 0) is 26.1 Å². The van der Waals surface area contributed by atoms with Crippen LogP contribution in [0.15, 0.2) is 47.4 Å². The summed E-state index contributed by atoms with van der Waals surface area (Å²) in [4.78, 5) is 24.2. The second-order valence-electron chi connectivity index (χ2n) is 5.80. The number of carbonyl (C=O) groups excluding carboxylic acids is 2. The zero-order valence-corrected chi connectivity index (χ0v) is 16.0. The Labute approximate surface area is 161 Å². The average Bonchev–Trinajstić information content (AvgIpc) is 2.65. The summed E-state index contributed by atoms with van der Waals surface area (Å²) in [5.74, 6) is -1.87. The third-order valence-electron chi connectivity index (χ3n) is 3.75. The van der Waals surface area contributed by atoms with Gasteiger partial charge in [0.1, 0.15) is 17.1 Å². The summed E-state index contributed by atoms with van der Waals surface area (Å²) in [6.45, 7) is 1.47. The van der Waals surface area contributed by atoms with Gasteiger partial charge < -0.3 is 14.8 Å². The molecule has 1 atom stereocenters. The quantitative estimate of drug-likeness (QED) is 0.664. The maximum absolute atomic E-state index is 12.9. The number of nitrogens with one attached hydrogen (secondary N) is 1. The SMILES string of the molecule is COc1ccc(S(N)(=O)=O)cc1C(=O)O[C@H](C)C(=O)NCc1ccc(F)cc1. The van der Waals surface area contributed by atoms with E-state index in [0.717, 1.165) is 6.07 Å². The molecule has 8 nitrogen and oxygen atoms in total. The average molecular weight is 410 g/mol. The van der Waals surface area contributed by atoms with Crippen molar-refractivity contribution in [2.45, 2.75) is 24.5 Å². The van der Waals surface area contributed by atoms with Gasteiger partial charge in [-0.1, -0.05) is 12.1 Å². The lowest BCUT2D eigenvalue weighted by Gasteiger charge is -2.15. The molecule has 1 amide bonds. The van der Waals surface area contributed by atoms with Crippen molar-refractivity contribution in [3.63, 3.8) is 0 Å². The minimum Gasteiger partial charge on any atom is -0.496 e. The lowest BCUT2D eigenvalue weighted by Crippen LogP contribution is -2.35. The van der Waals surface area contributed by atoms with Crippen LogP contribution in [0.25, 0.3) is 0 Å². The van der Waals surface area contributed by atoms with Crippen molar-refractivity contribution in [1.82, 2.24) is 5.32 Å². The van der Waals surface area contributed by atoms with Gasteiger partial charge in [-0.25, -0.2) is 22.7 Å². The molecular weight excluding hydrogens is 391 g/mol. The highest BCUT2D eigenvalue weighted by molar-refractivity contribution is 7.89. The highest BCUT2D eigenvalue weighted by Gasteiger charge is 2.23. The summed E-state index contributed by atoms with van der Waals surface area (Å²) in [6, 6.07) is 9.00. The van der Waals surface area contributed by atoms with Crippen LogP contribution in [0.2, 0.25) is 0 Å². The van der Waals surface area contributed by atoms with Gasteiger partial charge in [0.15, 0.2) is 6.10 Å². The van der Waals surface area contributed by atoms with Crippen molar-refractivity contribution >= 4 is 21.9 Å². The number of primary sulfonamides is 1. The molecule has 2 rings (SSSR count). The fourth-order valence-corrected chi connectivity index (χ4v) is 2.78. The standard InChI is InChI=1S/C18H19FN2O6S/c1-11(17(22)21-10-12-3-5-13(19)6-4-12)27-18(23)15-9-14(28(20,24)25)7-8-16(15)26-2/h3-9,11H,10H2,1-2H3,(H,21,22)(H2,20,24,25)/t11-/m1/s1. The van der Waals surface area contributed by atoms with E-state index in [1.807, 2.05) is 0 Å². The minimum atomic E-state index is -4.04. The van der Waals surface area contributed by atoms with Crippen LogP contribution in [-0.4, -0.2) is 33.5 Å². The Morgan fingerprint density at radius 3 is 2.39 bits per heavy atom. The zero-order chi connectivity index (χ0) is 20.9. The first kappa shape index (κ1) is 21.3. The predicted molar refractivity (Wildman–Crippen MR) is 97.5 cm³/mol. The van der Waals surface area contributed by atoms with E-state index in [4.69, 9.17) is 14.6 Å². The highest BCUT2D eigenvalue weighted by atomic mass is 32.2. The molecule has 0 saturated heterocycles. The first-order valence-electron chi connectivity index (χ1n) is 8.06. The summed E-state index contributed by atoms with van der Waals surface area (Å²) < 4.78 is 45.9. The van der Waals surface area contributed by atoms with Crippen LogP contribution in [0.3, 0.4) is 0 Å². The summed E-state index contributed by atoms with van der Waals surface area (Å²) in [5.41, 5.74) is 0.475. The Balaban J connectivity index is 2.06. The number of hydrogen-bond acceptors (Lipinski definition) is 6. The lowest BCUT2D eigenvalue weighted by atomic mass is 10.2. The molecule has 0 radical (unpaired) electrons. The number of benzene rings is 2. The molecule has 0 aliphatic rings. The smallest absolute Gasteiger partial charge is 0.342 e. The Kier molecular flexibility index (Phi) is 6.71. The van der Waals surface area contributed by atoms with Crippen molar-refractivity contribution in [2.24, 2.45) is 5.14 Å². The third kappa shape index (κ3) is 5.51. The highest BCUT2D eigenvalue weighted by Crippen LogP contribution is 2.23. The molecule has 0 aliphatic carbocycles. The largest absolute Gasteiger partial charge is 0.496 e. The van der Waals surface area contributed by atoms with Gasteiger partial charge in [0.25, 0.3) is 5.91 Å². The van der Waals surface area contributed by atoms with E-state index in [9.17, 15) is 22.4 Å². The molecule has 0 aromatic heterocycles. The predicted octanol–water partition coefficient (Wildman–Crippen LogP) is 1.34. The molecule has 2 aromatic rings. The van der Waals surface area contributed by atoms with E-state index in [0.29, 0.717) is 5.56 Å². The van der Waals surface area contributed by atoms with Crippen LogP contribution >= 0.6 is 0 Å².